The number of rotatable bonds is 1. The predicted octanol–water partition coefficient (Wildman–Crippen LogP) is 1.70. The molecule has 3 aliphatic rings. The second-order valence-electron chi connectivity index (χ2n) is 4.97. The first kappa shape index (κ1) is 8.25. The molecular weight excluding hydrogens is 164 g/mol. The van der Waals surface area contributed by atoms with E-state index < -0.39 is 0 Å². The molecular formula is C11H18O2. The molecule has 1 saturated carbocycles. The van der Waals surface area contributed by atoms with Gasteiger partial charge in [-0.15, -0.1) is 0 Å². The van der Waals surface area contributed by atoms with Crippen molar-refractivity contribution in [3.8, 4) is 0 Å². The molecule has 2 heteroatoms. The van der Waals surface area contributed by atoms with Crippen molar-refractivity contribution >= 4 is 0 Å². The lowest BCUT2D eigenvalue weighted by molar-refractivity contribution is -0.169. The second-order valence-corrected chi connectivity index (χ2v) is 4.97. The summed E-state index contributed by atoms with van der Waals surface area (Å²) in [5.41, 5.74) is 0.457. The first-order valence-corrected chi connectivity index (χ1v) is 5.52. The molecule has 0 amide bonds. The Morgan fingerprint density at radius 2 is 2.00 bits per heavy atom. The molecule has 4 unspecified atom stereocenters. The summed E-state index contributed by atoms with van der Waals surface area (Å²) >= 11 is 0. The first-order chi connectivity index (χ1) is 6.37. The van der Waals surface area contributed by atoms with Gasteiger partial charge in [0.25, 0.3) is 0 Å². The van der Waals surface area contributed by atoms with Crippen LogP contribution in [-0.4, -0.2) is 26.4 Å². The van der Waals surface area contributed by atoms with E-state index in [4.69, 9.17) is 9.47 Å². The van der Waals surface area contributed by atoms with Gasteiger partial charge in [0.1, 0.15) is 0 Å². The zero-order chi connectivity index (χ0) is 8.89. The Kier molecular flexibility index (Phi) is 1.72. The van der Waals surface area contributed by atoms with E-state index in [1.54, 1.807) is 0 Å². The standard InChI is InChI=1S/C11H18O2/c1-2-8-4-12-6-11-7-13-5-9(11)3-10(8)11/h8-10H,2-7H2,1H3. The maximum absolute atomic E-state index is 5.73. The zero-order valence-electron chi connectivity index (χ0n) is 8.29. The molecule has 2 saturated heterocycles. The van der Waals surface area contributed by atoms with Gasteiger partial charge >= 0.3 is 0 Å². The molecule has 0 aromatic rings. The second kappa shape index (κ2) is 2.71. The van der Waals surface area contributed by atoms with E-state index in [9.17, 15) is 0 Å². The van der Waals surface area contributed by atoms with Crippen molar-refractivity contribution in [2.24, 2.45) is 23.2 Å². The molecule has 0 aromatic heterocycles. The van der Waals surface area contributed by atoms with Crippen molar-refractivity contribution in [2.45, 2.75) is 19.8 Å². The maximum atomic E-state index is 5.73. The van der Waals surface area contributed by atoms with Gasteiger partial charge in [-0.3, -0.25) is 0 Å². The van der Waals surface area contributed by atoms with Crippen molar-refractivity contribution < 1.29 is 9.47 Å². The van der Waals surface area contributed by atoms with Gasteiger partial charge in [-0.05, 0) is 24.2 Å². The van der Waals surface area contributed by atoms with E-state index in [-0.39, 0.29) is 0 Å². The lowest BCUT2D eigenvalue weighted by Crippen LogP contribution is -2.58. The summed E-state index contributed by atoms with van der Waals surface area (Å²) < 4.78 is 11.3. The summed E-state index contributed by atoms with van der Waals surface area (Å²) in [6.45, 7) is 6.22. The van der Waals surface area contributed by atoms with Crippen LogP contribution in [0.4, 0.5) is 0 Å². The molecule has 3 rings (SSSR count). The quantitative estimate of drug-likeness (QED) is 0.614. The average molecular weight is 182 g/mol. The predicted molar refractivity (Wildman–Crippen MR) is 49.4 cm³/mol. The van der Waals surface area contributed by atoms with Gasteiger partial charge in [0.2, 0.25) is 0 Å². The molecule has 2 nitrogen and oxygen atoms in total. The average Bonchev–Trinajstić information content (AvgIpc) is 2.43. The fraction of sp³-hybridized carbons (Fsp3) is 1.00. The highest BCUT2D eigenvalue weighted by Crippen LogP contribution is 2.60. The molecule has 1 spiro atoms. The molecule has 0 aromatic carbocycles. The number of hydrogen-bond donors (Lipinski definition) is 0. The molecule has 3 fully saturated rings. The molecule has 0 bridgehead atoms. The Morgan fingerprint density at radius 1 is 1.23 bits per heavy atom. The van der Waals surface area contributed by atoms with Crippen LogP contribution in [0.25, 0.3) is 0 Å². The summed E-state index contributed by atoms with van der Waals surface area (Å²) in [6.07, 6.45) is 2.68. The van der Waals surface area contributed by atoms with Crippen LogP contribution in [-0.2, 0) is 9.47 Å². The van der Waals surface area contributed by atoms with E-state index in [1.165, 1.54) is 12.8 Å². The van der Waals surface area contributed by atoms with Crippen LogP contribution >= 0.6 is 0 Å². The zero-order valence-corrected chi connectivity index (χ0v) is 8.29. The van der Waals surface area contributed by atoms with Gasteiger partial charge in [0.05, 0.1) is 19.8 Å². The van der Waals surface area contributed by atoms with E-state index >= 15 is 0 Å². The third-order valence-corrected chi connectivity index (χ3v) is 4.58. The third kappa shape index (κ3) is 0.909. The van der Waals surface area contributed by atoms with Crippen LogP contribution < -0.4 is 0 Å². The minimum absolute atomic E-state index is 0.457. The molecule has 74 valence electrons. The van der Waals surface area contributed by atoms with Crippen molar-refractivity contribution in [1.29, 1.82) is 0 Å². The molecule has 4 atom stereocenters. The van der Waals surface area contributed by atoms with E-state index in [2.05, 4.69) is 6.92 Å². The van der Waals surface area contributed by atoms with Crippen molar-refractivity contribution in [3.63, 3.8) is 0 Å². The van der Waals surface area contributed by atoms with Crippen molar-refractivity contribution in [1.82, 2.24) is 0 Å². The maximum Gasteiger partial charge on any atom is 0.0550 e. The largest absolute Gasteiger partial charge is 0.380 e. The number of ether oxygens (including phenoxy) is 2. The van der Waals surface area contributed by atoms with E-state index in [0.29, 0.717) is 5.41 Å². The van der Waals surface area contributed by atoms with Crippen LogP contribution in [0.3, 0.4) is 0 Å². The van der Waals surface area contributed by atoms with Gasteiger partial charge in [-0.25, -0.2) is 0 Å². The van der Waals surface area contributed by atoms with Crippen molar-refractivity contribution in [2.75, 3.05) is 26.4 Å². The topological polar surface area (TPSA) is 18.5 Å². The molecule has 13 heavy (non-hydrogen) atoms. The van der Waals surface area contributed by atoms with Gasteiger partial charge in [0.15, 0.2) is 0 Å². The smallest absolute Gasteiger partial charge is 0.0550 e. The van der Waals surface area contributed by atoms with Gasteiger partial charge < -0.3 is 9.47 Å². The van der Waals surface area contributed by atoms with Crippen LogP contribution in [0.5, 0.6) is 0 Å². The lowest BCUT2D eigenvalue weighted by atomic mass is 9.50. The minimum Gasteiger partial charge on any atom is -0.380 e. The summed E-state index contributed by atoms with van der Waals surface area (Å²) in [5, 5.41) is 0. The van der Waals surface area contributed by atoms with Gasteiger partial charge in [0, 0.05) is 12.0 Å². The minimum atomic E-state index is 0.457. The Labute approximate surface area is 79.6 Å². The summed E-state index contributed by atoms with van der Waals surface area (Å²) in [7, 11) is 0. The monoisotopic (exact) mass is 182 g/mol. The first-order valence-electron chi connectivity index (χ1n) is 5.52. The van der Waals surface area contributed by atoms with E-state index in [1.807, 2.05) is 0 Å². The van der Waals surface area contributed by atoms with Crippen LogP contribution in [0, 0.1) is 23.2 Å². The normalized spacial score (nSPS) is 53.8. The molecule has 1 aliphatic carbocycles. The highest BCUT2D eigenvalue weighted by Gasteiger charge is 2.61. The van der Waals surface area contributed by atoms with Gasteiger partial charge in [-0.2, -0.15) is 0 Å². The summed E-state index contributed by atoms with van der Waals surface area (Å²) in [4.78, 5) is 0. The molecule has 2 heterocycles. The third-order valence-electron chi connectivity index (χ3n) is 4.58. The van der Waals surface area contributed by atoms with E-state index in [0.717, 1.165) is 44.2 Å². The fourth-order valence-corrected chi connectivity index (χ4v) is 3.62. The lowest BCUT2D eigenvalue weighted by Gasteiger charge is -2.57. The SMILES string of the molecule is CCC1COCC23COCC2CC13. The summed E-state index contributed by atoms with van der Waals surface area (Å²) in [5.74, 6) is 2.55. The number of hydrogen-bond acceptors (Lipinski definition) is 2. The molecule has 0 N–H and O–H groups in total. The van der Waals surface area contributed by atoms with Crippen LogP contribution in [0.15, 0.2) is 0 Å². The Bertz CT molecular complexity index is 216. The van der Waals surface area contributed by atoms with Crippen molar-refractivity contribution in [3.05, 3.63) is 0 Å². The fourth-order valence-electron chi connectivity index (χ4n) is 3.62. The Hall–Kier alpha value is -0.0800. The van der Waals surface area contributed by atoms with Crippen LogP contribution in [0.2, 0.25) is 0 Å². The highest BCUT2D eigenvalue weighted by atomic mass is 16.5. The highest BCUT2D eigenvalue weighted by molar-refractivity contribution is 5.08. The van der Waals surface area contributed by atoms with Crippen LogP contribution in [0.1, 0.15) is 19.8 Å². The Balaban J connectivity index is 1.83. The van der Waals surface area contributed by atoms with Gasteiger partial charge in [-0.1, -0.05) is 13.3 Å². The molecule has 0 radical (unpaired) electrons. The Morgan fingerprint density at radius 3 is 2.69 bits per heavy atom. The molecule has 2 aliphatic heterocycles. The summed E-state index contributed by atoms with van der Waals surface area (Å²) in [6, 6.07) is 0.